The van der Waals surface area contributed by atoms with E-state index in [4.69, 9.17) is 28.3 Å². The minimum absolute atomic E-state index is 0.246. The summed E-state index contributed by atoms with van der Waals surface area (Å²) in [5.74, 6) is -2.23. The molecule has 0 atom stereocenters. The predicted molar refractivity (Wildman–Crippen MR) is 76.3 cm³/mol. The Balaban J connectivity index is 2.48. The zero-order valence-electron chi connectivity index (χ0n) is 9.80. The summed E-state index contributed by atoms with van der Waals surface area (Å²) in [6.45, 7) is 0. The van der Waals surface area contributed by atoms with Crippen LogP contribution in [0, 0.1) is 5.82 Å². The van der Waals surface area contributed by atoms with Crippen molar-refractivity contribution in [3.63, 3.8) is 0 Å². The van der Waals surface area contributed by atoms with Gasteiger partial charge in [-0.1, -0.05) is 23.2 Å². The molecule has 0 saturated carbocycles. The van der Waals surface area contributed by atoms with Crippen molar-refractivity contribution in [2.45, 2.75) is 4.21 Å². The Hall–Kier alpha value is -1.42. The fourth-order valence-electron chi connectivity index (χ4n) is 1.39. The lowest BCUT2D eigenvalue weighted by atomic mass is 10.3. The van der Waals surface area contributed by atoms with Crippen molar-refractivity contribution in [1.29, 1.82) is 0 Å². The number of hydrogen-bond donors (Lipinski definition) is 2. The maximum atomic E-state index is 13.1. The number of benzene rings is 1. The third-order valence-electron chi connectivity index (χ3n) is 2.22. The van der Waals surface area contributed by atoms with Gasteiger partial charge in [0.2, 0.25) is 0 Å². The highest BCUT2D eigenvalue weighted by atomic mass is 35.5. The second kappa shape index (κ2) is 5.76. The number of anilines is 1. The Morgan fingerprint density at radius 2 is 1.90 bits per heavy atom. The van der Waals surface area contributed by atoms with Crippen LogP contribution < -0.4 is 4.72 Å². The Morgan fingerprint density at radius 3 is 2.43 bits per heavy atom. The van der Waals surface area contributed by atoms with Crippen LogP contribution in [0.25, 0.3) is 0 Å². The van der Waals surface area contributed by atoms with E-state index in [1.54, 1.807) is 0 Å². The maximum absolute atomic E-state index is 13.1. The van der Waals surface area contributed by atoms with Gasteiger partial charge < -0.3 is 5.11 Å². The van der Waals surface area contributed by atoms with Gasteiger partial charge in [0.25, 0.3) is 10.0 Å². The summed E-state index contributed by atoms with van der Waals surface area (Å²) in [6.07, 6.45) is 0. The maximum Gasteiger partial charge on any atom is 0.356 e. The summed E-state index contributed by atoms with van der Waals surface area (Å²) in [4.78, 5) is 14.4. The van der Waals surface area contributed by atoms with E-state index in [1.807, 2.05) is 4.72 Å². The summed E-state index contributed by atoms with van der Waals surface area (Å²) in [5.41, 5.74) is 0.206. The van der Waals surface area contributed by atoms with Crippen LogP contribution >= 0.6 is 34.5 Å². The number of sulfonamides is 1. The zero-order chi connectivity index (χ0) is 15.8. The summed E-state index contributed by atoms with van der Waals surface area (Å²) in [6, 6.07) is 1.74. The third kappa shape index (κ3) is 3.26. The molecule has 0 radical (unpaired) electrons. The molecule has 1 heterocycles. The molecule has 0 saturated heterocycles. The molecule has 0 spiro atoms. The monoisotopic (exact) mass is 370 g/mol. The van der Waals surface area contributed by atoms with Crippen molar-refractivity contribution in [1.82, 2.24) is 4.98 Å². The van der Waals surface area contributed by atoms with Gasteiger partial charge in [0, 0.05) is 0 Å². The molecule has 2 aromatic rings. The van der Waals surface area contributed by atoms with Crippen LogP contribution in [0.2, 0.25) is 10.0 Å². The minimum Gasteiger partial charge on any atom is -0.476 e. The fraction of sp³-hybridized carbons (Fsp3) is 0. The molecular weight excluding hydrogens is 366 g/mol. The lowest BCUT2D eigenvalue weighted by Gasteiger charge is -2.10. The normalized spacial score (nSPS) is 11.4. The first-order valence-corrected chi connectivity index (χ1v) is 8.18. The number of hydrogen-bond acceptors (Lipinski definition) is 5. The van der Waals surface area contributed by atoms with Gasteiger partial charge >= 0.3 is 5.97 Å². The Bertz CT molecular complexity index is 799. The predicted octanol–water partition coefficient (Wildman–Crippen LogP) is 3.09. The average Bonchev–Trinajstić information content (AvgIpc) is 2.83. The van der Waals surface area contributed by atoms with Crippen LogP contribution in [0.15, 0.2) is 21.9 Å². The molecule has 1 aromatic carbocycles. The van der Waals surface area contributed by atoms with Crippen LogP contribution in [0.1, 0.15) is 10.5 Å². The van der Waals surface area contributed by atoms with Gasteiger partial charge in [-0.25, -0.2) is 22.6 Å². The highest BCUT2D eigenvalue weighted by Crippen LogP contribution is 2.34. The van der Waals surface area contributed by atoms with E-state index in [1.165, 1.54) is 0 Å². The quantitative estimate of drug-likeness (QED) is 0.861. The number of aromatic nitrogens is 1. The molecule has 1 aromatic heterocycles. The van der Waals surface area contributed by atoms with E-state index in [0.717, 1.165) is 17.6 Å². The topological polar surface area (TPSA) is 96.4 Å². The number of carbonyl (C=O) groups is 1. The fourth-order valence-corrected chi connectivity index (χ4v) is 4.30. The molecule has 0 aliphatic rings. The summed E-state index contributed by atoms with van der Waals surface area (Å²) in [7, 11) is -4.27. The molecule has 2 N–H and O–H groups in total. The van der Waals surface area contributed by atoms with Crippen LogP contribution in [-0.2, 0) is 10.0 Å². The van der Waals surface area contributed by atoms with Crippen molar-refractivity contribution in [3.05, 3.63) is 39.2 Å². The third-order valence-corrected chi connectivity index (χ3v) is 5.54. The summed E-state index contributed by atoms with van der Waals surface area (Å²) < 4.78 is 38.9. The van der Waals surface area contributed by atoms with Gasteiger partial charge in [0.15, 0.2) is 9.90 Å². The van der Waals surface area contributed by atoms with E-state index < -0.39 is 31.7 Å². The van der Waals surface area contributed by atoms with Gasteiger partial charge in [-0.2, -0.15) is 0 Å². The molecule has 0 unspecified atom stereocenters. The number of halogens is 3. The number of nitrogens with zero attached hydrogens (tertiary/aromatic N) is 1. The molecule has 0 aliphatic heterocycles. The first kappa shape index (κ1) is 16.0. The van der Waals surface area contributed by atoms with E-state index in [9.17, 15) is 17.6 Å². The molecule has 11 heteroatoms. The van der Waals surface area contributed by atoms with Crippen LogP contribution in [0.5, 0.6) is 0 Å². The number of nitrogens with one attached hydrogen (secondary N) is 1. The van der Waals surface area contributed by atoms with E-state index in [-0.39, 0.29) is 15.7 Å². The van der Waals surface area contributed by atoms with Crippen molar-refractivity contribution in [2.24, 2.45) is 0 Å². The van der Waals surface area contributed by atoms with Crippen LogP contribution in [-0.4, -0.2) is 24.5 Å². The molecule has 0 aliphatic carbocycles. The molecule has 2 rings (SSSR count). The van der Waals surface area contributed by atoms with Gasteiger partial charge in [0.05, 0.1) is 21.2 Å². The smallest absolute Gasteiger partial charge is 0.356 e. The summed E-state index contributed by atoms with van der Waals surface area (Å²) >= 11 is 12.1. The Labute approximate surface area is 132 Å². The SMILES string of the molecule is O=C(O)c1ncsc1S(=O)(=O)Nc1c(Cl)cc(F)cc1Cl. The zero-order valence-corrected chi connectivity index (χ0v) is 12.9. The standard InChI is InChI=1S/C10H5Cl2FN2O4S2/c11-5-1-4(13)2-6(12)7(5)15-21(18,19)10-8(9(16)17)14-3-20-10/h1-3,15H,(H,16,17). The highest BCUT2D eigenvalue weighted by molar-refractivity contribution is 7.94. The van der Waals surface area contributed by atoms with E-state index >= 15 is 0 Å². The molecular formula is C10H5Cl2FN2O4S2. The molecule has 112 valence electrons. The Morgan fingerprint density at radius 1 is 1.33 bits per heavy atom. The first-order valence-electron chi connectivity index (χ1n) is 5.06. The highest BCUT2D eigenvalue weighted by Gasteiger charge is 2.27. The number of carboxylic acid groups (broad SMARTS) is 1. The number of rotatable bonds is 4. The molecule has 0 bridgehead atoms. The van der Waals surface area contributed by atoms with Gasteiger partial charge in [0.1, 0.15) is 5.82 Å². The molecule has 0 fully saturated rings. The van der Waals surface area contributed by atoms with Crippen molar-refractivity contribution in [2.75, 3.05) is 4.72 Å². The van der Waals surface area contributed by atoms with E-state index in [2.05, 4.69) is 4.98 Å². The first-order chi connectivity index (χ1) is 9.72. The molecule has 0 amide bonds. The van der Waals surface area contributed by atoms with Gasteiger partial charge in [-0.15, -0.1) is 11.3 Å². The largest absolute Gasteiger partial charge is 0.476 e. The lowest BCUT2D eigenvalue weighted by Crippen LogP contribution is -2.16. The molecule has 21 heavy (non-hydrogen) atoms. The van der Waals surface area contributed by atoms with Gasteiger partial charge in [-0.3, -0.25) is 4.72 Å². The number of thiazole rings is 1. The summed E-state index contributed by atoms with van der Waals surface area (Å²) in [5, 5.41) is 8.36. The molecule has 6 nitrogen and oxygen atoms in total. The van der Waals surface area contributed by atoms with Crippen molar-refractivity contribution in [3.8, 4) is 0 Å². The number of aromatic carboxylic acids is 1. The van der Waals surface area contributed by atoms with Crippen molar-refractivity contribution >= 4 is 56.2 Å². The van der Waals surface area contributed by atoms with Crippen LogP contribution in [0.4, 0.5) is 10.1 Å². The minimum atomic E-state index is -4.27. The van der Waals surface area contributed by atoms with Crippen LogP contribution in [0.3, 0.4) is 0 Å². The Kier molecular flexibility index (Phi) is 4.38. The lowest BCUT2D eigenvalue weighted by molar-refractivity contribution is 0.0687. The second-order valence-electron chi connectivity index (χ2n) is 3.64. The van der Waals surface area contributed by atoms with Gasteiger partial charge in [-0.05, 0) is 12.1 Å². The number of carboxylic acids is 1. The average molecular weight is 371 g/mol. The second-order valence-corrected chi connectivity index (χ2v) is 7.19. The van der Waals surface area contributed by atoms with Crippen molar-refractivity contribution < 1.29 is 22.7 Å². The van der Waals surface area contributed by atoms with E-state index in [0.29, 0.717) is 11.3 Å².